The lowest BCUT2D eigenvalue weighted by Crippen LogP contribution is -2.32. The normalized spacial score (nSPS) is 11.1. The molecule has 3 N–H and O–H groups in total. The Hall–Kier alpha value is -1.59. The molecular formula is C12H17ClN2O3. The third-order valence-electron chi connectivity index (χ3n) is 2.33. The van der Waals surface area contributed by atoms with E-state index in [9.17, 15) is 9.59 Å². The van der Waals surface area contributed by atoms with Crippen LogP contribution < -0.4 is 11.1 Å². The highest BCUT2D eigenvalue weighted by molar-refractivity contribution is 5.97. The Kier molecular flexibility index (Phi) is 6.36. The molecule has 5 nitrogen and oxygen atoms in total. The van der Waals surface area contributed by atoms with Crippen molar-refractivity contribution >= 4 is 30.0 Å². The summed E-state index contributed by atoms with van der Waals surface area (Å²) in [7, 11) is 1.31. The van der Waals surface area contributed by atoms with Crippen molar-refractivity contribution in [1.82, 2.24) is 0 Å². The lowest BCUT2D eigenvalue weighted by molar-refractivity contribution is -0.117. The number of carbonyl (C=O) groups excluding carboxylic acids is 2. The van der Waals surface area contributed by atoms with Gasteiger partial charge in [0.05, 0.1) is 18.7 Å². The molecule has 0 saturated heterocycles. The molecule has 1 atom stereocenters. The van der Waals surface area contributed by atoms with Gasteiger partial charge < -0.3 is 15.8 Å². The fourth-order valence-corrected chi connectivity index (χ4v) is 1.25. The van der Waals surface area contributed by atoms with Crippen LogP contribution >= 0.6 is 12.4 Å². The maximum Gasteiger partial charge on any atom is 0.337 e. The van der Waals surface area contributed by atoms with E-state index in [1.54, 1.807) is 25.1 Å². The molecule has 1 amide bonds. The number of rotatable bonds is 3. The summed E-state index contributed by atoms with van der Waals surface area (Å²) < 4.78 is 4.61. The molecule has 0 unspecified atom stereocenters. The first-order valence-electron chi connectivity index (χ1n) is 5.21. The zero-order valence-electron chi connectivity index (χ0n) is 10.5. The Morgan fingerprint density at radius 2 is 2.00 bits per heavy atom. The SMILES string of the molecule is COC(=O)c1ccc(C)c(NC(=O)[C@@H](C)N)c1.Cl. The number of hydrogen-bond donors (Lipinski definition) is 2. The molecule has 0 radical (unpaired) electrons. The van der Waals surface area contributed by atoms with Gasteiger partial charge in [-0.2, -0.15) is 0 Å². The minimum Gasteiger partial charge on any atom is -0.465 e. The molecule has 18 heavy (non-hydrogen) atoms. The van der Waals surface area contributed by atoms with Crippen LogP contribution in [0.5, 0.6) is 0 Å². The first kappa shape index (κ1) is 16.4. The molecule has 0 heterocycles. The van der Waals surface area contributed by atoms with E-state index in [2.05, 4.69) is 10.1 Å². The van der Waals surface area contributed by atoms with Gasteiger partial charge in [0.15, 0.2) is 0 Å². The van der Waals surface area contributed by atoms with E-state index in [0.29, 0.717) is 11.3 Å². The van der Waals surface area contributed by atoms with E-state index in [-0.39, 0.29) is 18.3 Å². The highest BCUT2D eigenvalue weighted by Gasteiger charge is 2.12. The van der Waals surface area contributed by atoms with Crippen molar-refractivity contribution in [3.05, 3.63) is 29.3 Å². The summed E-state index contributed by atoms with van der Waals surface area (Å²) in [5.41, 5.74) is 7.26. The van der Waals surface area contributed by atoms with Gasteiger partial charge >= 0.3 is 5.97 Å². The number of nitrogens with one attached hydrogen (secondary N) is 1. The van der Waals surface area contributed by atoms with E-state index < -0.39 is 12.0 Å². The van der Waals surface area contributed by atoms with Gasteiger partial charge in [0.1, 0.15) is 0 Å². The van der Waals surface area contributed by atoms with Crippen LogP contribution in [-0.4, -0.2) is 25.0 Å². The first-order valence-corrected chi connectivity index (χ1v) is 5.21. The van der Waals surface area contributed by atoms with Crippen LogP contribution in [0.4, 0.5) is 5.69 Å². The van der Waals surface area contributed by atoms with Gasteiger partial charge in [-0.15, -0.1) is 12.4 Å². The summed E-state index contributed by atoms with van der Waals surface area (Å²) in [4.78, 5) is 22.8. The summed E-state index contributed by atoms with van der Waals surface area (Å²) in [5.74, 6) is -0.739. The quantitative estimate of drug-likeness (QED) is 0.817. The number of nitrogens with two attached hydrogens (primary N) is 1. The maximum atomic E-state index is 11.5. The zero-order valence-corrected chi connectivity index (χ0v) is 11.3. The Balaban J connectivity index is 0.00000289. The predicted octanol–water partition coefficient (Wildman–Crippen LogP) is 1.49. The van der Waals surface area contributed by atoms with E-state index in [0.717, 1.165) is 5.56 Å². The second-order valence-electron chi connectivity index (χ2n) is 3.80. The van der Waals surface area contributed by atoms with Crippen molar-refractivity contribution < 1.29 is 14.3 Å². The first-order chi connectivity index (χ1) is 7.95. The minimum atomic E-state index is -0.601. The fraction of sp³-hybridized carbons (Fsp3) is 0.333. The predicted molar refractivity (Wildman–Crippen MR) is 72.0 cm³/mol. The molecule has 100 valence electrons. The number of benzene rings is 1. The van der Waals surface area contributed by atoms with Crippen LogP contribution in [-0.2, 0) is 9.53 Å². The van der Waals surface area contributed by atoms with Gasteiger partial charge in [0.2, 0.25) is 5.91 Å². The third-order valence-corrected chi connectivity index (χ3v) is 2.33. The highest BCUT2D eigenvalue weighted by atomic mass is 35.5. The van der Waals surface area contributed by atoms with Crippen LogP contribution in [0.25, 0.3) is 0 Å². The average molecular weight is 273 g/mol. The number of halogens is 1. The largest absolute Gasteiger partial charge is 0.465 e. The summed E-state index contributed by atoms with van der Waals surface area (Å²) in [6, 6.07) is 4.35. The van der Waals surface area contributed by atoms with Gasteiger partial charge in [-0.25, -0.2) is 4.79 Å². The van der Waals surface area contributed by atoms with E-state index in [1.165, 1.54) is 7.11 Å². The number of anilines is 1. The van der Waals surface area contributed by atoms with Gasteiger partial charge in [-0.1, -0.05) is 6.07 Å². The highest BCUT2D eigenvalue weighted by Crippen LogP contribution is 2.17. The number of esters is 1. The van der Waals surface area contributed by atoms with Crippen molar-refractivity contribution in [1.29, 1.82) is 0 Å². The molecule has 0 fully saturated rings. The molecule has 0 bridgehead atoms. The van der Waals surface area contributed by atoms with E-state index in [1.807, 2.05) is 6.92 Å². The molecule has 1 aromatic carbocycles. The van der Waals surface area contributed by atoms with Gasteiger partial charge in [0, 0.05) is 5.69 Å². The van der Waals surface area contributed by atoms with E-state index in [4.69, 9.17) is 5.73 Å². The number of ether oxygens (including phenoxy) is 1. The smallest absolute Gasteiger partial charge is 0.337 e. The van der Waals surface area contributed by atoms with E-state index >= 15 is 0 Å². The Labute approximate surface area is 112 Å². The topological polar surface area (TPSA) is 81.4 Å². The van der Waals surface area contributed by atoms with Crippen molar-refractivity contribution in [3.8, 4) is 0 Å². The molecule has 6 heteroatoms. The number of carbonyl (C=O) groups is 2. The second kappa shape index (κ2) is 6.98. The monoisotopic (exact) mass is 272 g/mol. The summed E-state index contributed by atoms with van der Waals surface area (Å²) >= 11 is 0. The molecule has 1 aromatic rings. The van der Waals surface area contributed by atoms with Crippen molar-refractivity contribution in [3.63, 3.8) is 0 Å². The maximum absolute atomic E-state index is 11.5. The van der Waals surface area contributed by atoms with Gasteiger partial charge in [-0.3, -0.25) is 4.79 Å². The Bertz CT molecular complexity index is 447. The van der Waals surface area contributed by atoms with Crippen LogP contribution in [0.1, 0.15) is 22.8 Å². The summed E-state index contributed by atoms with van der Waals surface area (Å²) in [5, 5.41) is 2.66. The van der Waals surface area contributed by atoms with Crippen LogP contribution in [0.2, 0.25) is 0 Å². The number of hydrogen-bond acceptors (Lipinski definition) is 4. The molecule has 1 rings (SSSR count). The number of amides is 1. The second-order valence-corrected chi connectivity index (χ2v) is 3.80. The standard InChI is InChI=1S/C12H16N2O3.ClH/c1-7-4-5-9(12(16)17-3)6-10(7)14-11(15)8(2)13;/h4-6,8H,13H2,1-3H3,(H,14,15);1H/t8-;/m1./s1. The van der Waals surface area contributed by atoms with Gasteiger partial charge in [-0.05, 0) is 31.5 Å². The van der Waals surface area contributed by atoms with Crippen LogP contribution in [0, 0.1) is 6.92 Å². The molecule has 0 aliphatic heterocycles. The van der Waals surface area contributed by atoms with Crippen molar-refractivity contribution in [2.24, 2.45) is 5.73 Å². The lowest BCUT2D eigenvalue weighted by atomic mass is 10.1. The summed E-state index contributed by atoms with van der Waals surface area (Å²) in [6.07, 6.45) is 0. The molecule has 0 spiro atoms. The minimum absolute atomic E-state index is 0. The third kappa shape index (κ3) is 4.01. The number of methoxy groups -OCH3 is 1. The van der Waals surface area contributed by atoms with Crippen LogP contribution in [0.15, 0.2) is 18.2 Å². The Morgan fingerprint density at radius 1 is 1.39 bits per heavy atom. The zero-order chi connectivity index (χ0) is 13.0. The lowest BCUT2D eigenvalue weighted by Gasteiger charge is -2.11. The Morgan fingerprint density at radius 3 is 2.50 bits per heavy atom. The van der Waals surface area contributed by atoms with Gasteiger partial charge in [0.25, 0.3) is 0 Å². The number of aryl methyl sites for hydroxylation is 1. The molecular weight excluding hydrogens is 256 g/mol. The van der Waals surface area contributed by atoms with Crippen molar-refractivity contribution in [2.45, 2.75) is 19.9 Å². The molecule has 0 aliphatic carbocycles. The van der Waals surface area contributed by atoms with Crippen LogP contribution in [0.3, 0.4) is 0 Å². The fourth-order valence-electron chi connectivity index (χ4n) is 1.25. The molecule has 0 aliphatic rings. The molecule has 0 aromatic heterocycles. The summed E-state index contributed by atoms with van der Waals surface area (Å²) in [6.45, 7) is 3.42. The molecule has 0 saturated carbocycles. The van der Waals surface area contributed by atoms with Crippen molar-refractivity contribution in [2.75, 3.05) is 12.4 Å². The average Bonchev–Trinajstić information content (AvgIpc) is 2.30.